The third-order valence-electron chi connectivity index (χ3n) is 10.3. The highest BCUT2D eigenvalue weighted by Crippen LogP contribution is 2.45. The lowest BCUT2D eigenvalue weighted by Gasteiger charge is -2.27. The van der Waals surface area contributed by atoms with Crippen LogP contribution in [0.15, 0.2) is 72.4 Å². The molecule has 4 aromatic rings. The molecule has 1 aliphatic rings. The van der Waals surface area contributed by atoms with Gasteiger partial charge in [-0.25, -0.2) is 19.0 Å². The normalized spacial score (nSPS) is 12.5. The number of ether oxygens (including phenoxy) is 8. The maximum Gasteiger partial charge on any atom is 0.329 e. The zero-order valence-corrected chi connectivity index (χ0v) is 38.8. The van der Waals surface area contributed by atoms with Gasteiger partial charge in [-0.15, -0.1) is 10.2 Å². The van der Waals surface area contributed by atoms with Gasteiger partial charge in [-0.3, -0.25) is 0 Å². The van der Waals surface area contributed by atoms with E-state index >= 15 is 0 Å². The van der Waals surface area contributed by atoms with Crippen LogP contribution in [0.2, 0.25) is 0 Å². The quantitative estimate of drug-likeness (QED) is 0.0469. The first-order valence-electron chi connectivity index (χ1n) is 22.6. The summed E-state index contributed by atoms with van der Waals surface area (Å²) < 4.78 is 46.8. The van der Waals surface area contributed by atoms with Gasteiger partial charge in [-0.1, -0.05) is 34.7 Å². The van der Waals surface area contributed by atoms with E-state index in [1.54, 1.807) is 9.36 Å². The van der Waals surface area contributed by atoms with Crippen molar-refractivity contribution in [2.45, 2.75) is 40.2 Å². The van der Waals surface area contributed by atoms with Gasteiger partial charge in [0.1, 0.15) is 36.1 Å². The first-order valence-corrected chi connectivity index (χ1v) is 22.6. The van der Waals surface area contributed by atoms with E-state index in [-0.39, 0.29) is 37.9 Å². The highest BCUT2D eigenvalue weighted by molar-refractivity contribution is 6.06. The van der Waals surface area contributed by atoms with Crippen molar-refractivity contribution in [3.05, 3.63) is 95.0 Å². The molecule has 0 saturated heterocycles. The van der Waals surface area contributed by atoms with E-state index in [1.165, 1.54) is 0 Å². The molecule has 0 aliphatic heterocycles. The third-order valence-corrected chi connectivity index (χ3v) is 10.3. The molecule has 372 valence electrons. The van der Waals surface area contributed by atoms with Crippen molar-refractivity contribution in [3.63, 3.8) is 0 Å². The number of aliphatic carboxylic acids is 2. The first-order chi connectivity index (χ1) is 33.2. The lowest BCUT2D eigenvalue weighted by atomic mass is 9.84. The molecule has 22 nitrogen and oxygen atoms in total. The molecule has 2 aromatic heterocycles. The molecule has 0 amide bonds. The molecule has 0 spiro atoms. The summed E-state index contributed by atoms with van der Waals surface area (Å²) in [7, 11) is 0. The number of aliphatic hydroxyl groups excluding tert-OH is 2. The molecular formula is C46H64N8O14. The fourth-order valence-corrected chi connectivity index (χ4v) is 6.82. The fourth-order valence-electron chi connectivity index (χ4n) is 6.82. The number of likely N-dealkylation sites (N-methyl/N-ethyl adjacent to an activating group) is 2. The van der Waals surface area contributed by atoms with Gasteiger partial charge < -0.3 is 68.1 Å². The van der Waals surface area contributed by atoms with Crippen LogP contribution in [0.25, 0.3) is 11.1 Å². The smallest absolute Gasteiger partial charge is 0.329 e. The Hall–Kier alpha value is -5.98. The highest BCUT2D eigenvalue weighted by atomic mass is 16.6. The Labute approximate surface area is 395 Å². The van der Waals surface area contributed by atoms with Crippen molar-refractivity contribution < 1.29 is 67.9 Å². The van der Waals surface area contributed by atoms with Crippen LogP contribution >= 0.6 is 0 Å². The number of hydrogen-bond acceptors (Lipinski definition) is 18. The lowest BCUT2D eigenvalue weighted by Crippen LogP contribution is -2.27. The van der Waals surface area contributed by atoms with Gasteiger partial charge >= 0.3 is 11.9 Å². The van der Waals surface area contributed by atoms with Gasteiger partial charge in [0.25, 0.3) is 0 Å². The topological polar surface area (TPSA) is 257 Å². The molecule has 0 unspecified atom stereocenters. The number of nitrogens with zero attached hydrogens (tertiary/aromatic N) is 8. The highest BCUT2D eigenvalue weighted by Gasteiger charge is 2.31. The summed E-state index contributed by atoms with van der Waals surface area (Å²) >= 11 is 0. The monoisotopic (exact) mass is 952 g/mol. The third kappa shape index (κ3) is 17.9. The van der Waals surface area contributed by atoms with Crippen LogP contribution in [0.5, 0.6) is 0 Å². The summed E-state index contributed by atoms with van der Waals surface area (Å²) in [5, 5.41) is 56.0. The predicted octanol–water partition coefficient (Wildman–Crippen LogP) is 3.48. The summed E-state index contributed by atoms with van der Waals surface area (Å²) in [5.74, 6) is -1.93. The average Bonchev–Trinajstić information content (AvgIpc) is 4.00. The van der Waals surface area contributed by atoms with E-state index in [1.807, 2.05) is 60.9 Å². The van der Waals surface area contributed by atoms with Crippen LogP contribution in [0.3, 0.4) is 0 Å². The van der Waals surface area contributed by atoms with Crippen molar-refractivity contribution in [3.8, 4) is 0 Å². The number of allylic oxidation sites excluding steroid dienone is 2. The number of rotatable bonds is 38. The van der Waals surface area contributed by atoms with E-state index in [9.17, 15) is 19.8 Å². The summed E-state index contributed by atoms with van der Waals surface area (Å²) in [6, 6.07) is 15.4. The molecule has 2 heterocycles. The maximum atomic E-state index is 11.1. The predicted molar refractivity (Wildman–Crippen MR) is 247 cm³/mol. The van der Waals surface area contributed by atoms with Gasteiger partial charge in [-0.05, 0) is 49.2 Å². The average molecular weight is 953 g/mol. The zero-order valence-electron chi connectivity index (χ0n) is 38.8. The minimum absolute atomic E-state index is 0.0473. The largest absolute Gasteiger partial charge is 0.506 e. The van der Waals surface area contributed by atoms with Crippen molar-refractivity contribution >= 4 is 34.5 Å². The van der Waals surface area contributed by atoms with Crippen molar-refractivity contribution in [1.82, 2.24) is 30.0 Å². The summed E-state index contributed by atoms with van der Waals surface area (Å²) in [5.41, 5.74) is 5.64. The van der Waals surface area contributed by atoms with E-state index < -0.39 is 11.9 Å². The molecule has 22 heteroatoms. The summed E-state index contributed by atoms with van der Waals surface area (Å²) in [6.07, 6.45) is 3.64. The summed E-state index contributed by atoms with van der Waals surface area (Å²) in [6.45, 7) is 12.3. The Morgan fingerprint density at radius 2 is 0.853 bits per heavy atom. The molecule has 0 fully saturated rings. The van der Waals surface area contributed by atoms with E-state index in [0.29, 0.717) is 139 Å². The summed E-state index contributed by atoms with van der Waals surface area (Å²) in [4.78, 5) is 25.2. The Morgan fingerprint density at radius 3 is 1.21 bits per heavy atom. The number of carboxylic acids is 2. The van der Waals surface area contributed by atoms with Crippen LogP contribution in [0, 0.1) is 0 Å². The molecule has 5 rings (SSSR count). The number of carboxylic acid groups (broad SMARTS) is 2. The second-order valence-corrected chi connectivity index (χ2v) is 15.1. The minimum Gasteiger partial charge on any atom is -0.506 e. The fraction of sp³-hybridized carbons (Fsp3) is 0.522. The van der Waals surface area contributed by atoms with Crippen LogP contribution in [0.1, 0.15) is 36.4 Å². The number of hydrogen-bond donors (Lipinski definition) is 4. The number of aromatic nitrogens is 6. The molecule has 2 aromatic carbocycles. The molecular weight excluding hydrogens is 889 g/mol. The van der Waals surface area contributed by atoms with E-state index in [2.05, 4.69) is 44.3 Å². The molecule has 0 saturated carbocycles. The second-order valence-electron chi connectivity index (χ2n) is 15.1. The van der Waals surface area contributed by atoms with Gasteiger partial charge in [0.05, 0.1) is 129 Å². The van der Waals surface area contributed by atoms with Crippen molar-refractivity contribution in [2.75, 3.05) is 128 Å². The lowest BCUT2D eigenvalue weighted by molar-refractivity contribution is -0.143. The SMILES string of the molecule is CCN(CCOCc1cn(CCOCCOCCOCC(=O)O)nn1)c1ccc(C2=C(O)C(c3ccc(N(CC)CCOCc4cn(CCOCCOCCOCC(=O)O)nn4)cc3)=C2O)cc1. The van der Waals surface area contributed by atoms with Gasteiger partial charge in [-0.2, -0.15) is 0 Å². The second kappa shape index (κ2) is 29.7. The Bertz CT molecular complexity index is 2000. The number of anilines is 2. The van der Waals surface area contributed by atoms with Crippen LogP contribution in [-0.2, 0) is 73.8 Å². The minimum atomic E-state index is -1.01. The maximum absolute atomic E-state index is 11.1. The number of benzene rings is 2. The molecule has 0 radical (unpaired) electrons. The first kappa shape index (κ1) is 53.0. The van der Waals surface area contributed by atoms with Gasteiger partial charge in [0, 0.05) is 37.6 Å². The zero-order chi connectivity index (χ0) is 48.4. The Balaban J connectivity index is 0.956. The van der Waals surface area contributed by atoms with Crippen molar-refractivity contribution in [1.29, 1.82) is 0 Å². The van der Waals surface area contributed by atoms with Gasteiger partial charge in [0.15, 0.2) is 0 Å². The van der Waals surface area contributed by atoms with Gasteiger partial charge in [0.2, 0.25) is 0 Å². The van der Waals surface area contributed by atoms with Crippen LogP contribution in [0.4, 0.5) is 11.4 Å². The van der Waals surface area contributed by atoms with Crippen LogP contribution in [-0.4, -0.2) is 181 Å². The molecule has 4 N–H and O–H groups in total. The van der Waals surface area contributed by atoms with E-state index in [0.717, 1.165) is 24.5 Å². The number of aliphatic hydroxyl groups is 2. The molecule has 1 aliphatic carbocycles. The Kier molecular flexibility index (Phi) is 23.1. The Morgan fingerprint density at radius 1 is 0.500 bits per heavy atom. The van der Waals surface area contributed by atoms with Crippen molar-refractivity contribution in [2.24, 2.45) is 0 Å². The van der Waals surface area contributed by atoms with E-state index in [4.69, 9.17) is 48.1 Å². The van der Waals surface area contributed by atoms with Crippen LogP contribution < -0.4 is 9.80 Å². The molecule has 68 heavy (non-hydrogen) atoms. The number of carbonyl (C=O) groups is 2. The molecule has 0 atom stereocenters. The standard InChI is InChI=1S/C46H64N8O14/c1-3-51(13-17-65-31-37-29-53(49-47-37)15-19-61-21-23-63-25-27-67-33-41(55)56)39-9-5-35(6-10-39)43-45(59)44(46(43)60)36-7-11-40(12-8-36)52(4-2)14-18-66-32-38-30-54(50-48-38)16-20-62-22-24-64-26-28-68-34-42(57)58/h5-12,29-30,59-60H,3-4,13-28,31-34H2,1-2H3,(H,55,56)(H,57,58). The molecule has 0 bridgehead atoms.